The summed E-state index contributed by atoms with van der Waals surface area (Å²) in [5, 5.41) is 2.79. The van der Waals surface area contributed by atoms with Crippen LogP contribution in [0, 0.1) is 6.92 Å². The maximum Gasteiger partial charge on any atom is 0.416 e. The van der Waals surface area contributed by atoms with Crippen molar-refractivity contribution < 1.29 is 22.7 Å². The van der Waals surface area contributed by atoms with E-state index in [1.54, 1.807) is 6.07 Å². The molecule has 1 heterocycles. The lowest BCUT2D eigenvalue weighted by atomic mass is 9.92. The third kappa shape index (κ3) is 3.71. The van der Waals surface area contributed by atoms with Crippen LogP contribution in [0.3, 0.4) is 0 Å². The van der Waals surface area contributed by atoms with Gasteiger partial charge in [0.1, 0.15) is 5.75 Å². The minimum absolute atomic E-state index is 0.00912. The van der Waals surface area contributed by atoms with Gasteiger partial charge >= 0.3 is 6.18 Å². The van der Waals surface area contributed by atoms with Crippen molar-refractivity contribution in [3.8, 4) is 5.75 Å². The van der Waals surface area contributed by atoms with E-state index in [1.165, 1.54) is 20.1 Å². The van der Waals surface area contributed by atoms with Crippen LogP contribution >= 0.6 is 0 Å². The number of nitrogens with one attached hydrogen (secondary N) is 1. The zero-order chi connectivity index (χ0) is 20.6. The minimum Gasteiger partial charge on any atom is -0.496 e. The van der Waals surface area contributed by atoms with Crippen LogP contribution < -0.4 is 10.1 Å². The van der Waals surface area contributed by atoms with E-state index in [4.69, 9.17) is 4.74 Å². The van der Waals surface area contributed by atoms with Crippen LogP contribution in [0.5, 0.6) is 5.75 Å². The van der Waals surface area contributed by atoms with E-state index in [1.807, 2.05) is 19.2 Å². The van der Waals surface area contributed by atoms with Gasteiger partial charge in [0.2, 0.25) is 0 Å². The Morgan fingerprint density at radius 3 is 2.64 bits per heavy atom. The molecule has 1 N–H and O–H groups in total. The molecular formula is C21H23F3N2O2. The first kappa shape index (κ1) is 20.2. The Labute approximate surface area is 162 Å². The number of alkyl halides is 3. The molecular weight excluding hydrogens is 369 g/mol. The molecule has 0 aromatic heterocycles. The molecule has 1 aliphatic rings. The van der Waals surface area contributed by atoms with Gasteiger partial charge in [-0.1, -0.05) is 12.1 Å². The first-order valence-electron chi connectivity index (χ1n) is 9.02. The van der Waals surface area contributed by atoms with Crippen molar-refractivity contribution in [1.29, 1.82) is 0 Å². The summed E-state index contributed by atoms with van der Waals surface area (Å²) in [7, 11) is 3.37. The van der Waals surface area contributed by atoms with Crippen LogP contribution in [0.15, 0.2) is 30.3 Å². The zero-order valence-electron chi connectivity index (χ0n) is 16.3. The molecule has 4 nitrogen and oxygen atoms in total. The van der Waals surface area contributed by atoms with Gasteiger partial charge in [0.05, 0.1) is 18.2 Å². The highest BCUT2D eigenvalue weighted by Crippen LogP contribution is 2.37. The topological polar surface area (TPSA) is 41.6 Å². The van der Waals surface area contributed by atoms with E-state index in [0.717, 1.165) is 30.2 Å². The monoisotopic (exact) mass is 392 g/mol. The molecule has 0 radical (unpaired) electrons. The minimum atomic E-state index is -4.54. The average Bonchev–Trinajstić information content (AvgIpc) is 2.63. The first-order chi connectivity index (χ1) is 13.1. The van der Waals surface area contributed by atoms with Crippen LogP contribution in [0.25, 0.3) is 0 Å². The quantitative estimate of drug-likeness (QED) is 0.814. The molecule has 0 aliphatic carbocycles. The lowest BCUT2D eigenvalue weighted by Crippen LogP contribution is -2.31. The molecule has 0 saturated carbocycles. The van der Waals surface area contributed by atoms with Gasteiger partial charge in [-0.3, -0.25) is 9.69 Å². The number of anilines is 1. The molecule has 0 fully saturated rings. The first-order valence-corrected chi connectivity index (χ1v) is 9.02. The predicted molar refractivity (Wildman–Crippen MR) is 102 cm³/mol. The maximum atomic E-state index is 13.3. The number of amides is 1. The second-order valence-corrected chi connectivity index (χ2v) is 7.10. The molecule has 2 aromatic carbocycles. The second kappa shape index (κ2) is 7.47. The van der Waals surface area contributed by atoms with E-state index >= 15 is 0 Å². The number of carbonyl (C=O) groups excluding carboxylic acids is 1. The summed E-state index contributed by atoms with van der Waals surface area (Å²) in [5.74, 6) is -0.511. The Hall–Kier alpha value is -2.54. The van der Waals surface area contributed by atoms with E-state index < -0.39 is 17.6 Å². The third-order valence-corrected chi connectivity index (χ3v) is 5.38. The Kier molecular flexibility index (Phi) is 5.39. The molecule has 0 spiro atoms. The molecule has 28 heavy (non-hydrogen) atoms. The number of likely N-dealkylation sites (N-methyl/N-ethyl adjacent to an activating group) is 1. The highest BCUT2D eigenvalue weighted by molar-refractivity contribution is 6.07. The molecule has 1 aliphatic heterocycles. The number of halogens is 3. The Bertz CT molecular complexity index is 909. The molecule has 1 amide bonds. The number of hydrogen-bond acceptors (Lipinski definition) is 3. The summed E-state index contributed by atoms with van der Waals surface area (Å²) < 4.78 is 45.0. The molecule has 0 bridgehead atoms. The van der Waals surface area contributed by atoms with Crippen LogP contribution in [0.4, 0.5) is 18.9 Å². The fourth-order valence-electron chi connectivity index (χ4n) is 3.63. The number of fused-ring (bicyclic) bond motifs is 1. The zero-order valence-corrected chi connectivity index (χ0v) is 16.3. The maximum absolute atomic E-state index is 13.3. The van der Waals surface area contributed by atoms with Crippen LogP contribution in [0.2, 0.25) is 0 Å². The summed E-state index contributed by atoms with van der Waals surface area (Å²) >= 11 is 0. The lowest BCUT2D eigenvalue weighted by molar-refractivity contribution is -0.138. The number of carbonyl (C=O) groups is 1. The summed E-state index contributed by atoms with van der Waals surface area (Å²) in [6.45, 7) is 4.27. The Morgan fingerprint density at radius 1 is 1.29 bits per heavy atom. The number of nitrogens with zero attached hydrogens (tertiary/aromatic N) is 1. The van der Waals surface area contributed by atoms with Gasteiger partial charge in [-0.25, -0.2) is 0 Å². The predicted octanol–water partition coefficient (Wildman–Crippen LogP) is 4.82. The van der Waals surface area contributed by atoms with E-state index in [0.29, 0.717) is 5.69 Å². The Balaban J connectivity index is 1.99. The van der Waals surface area contributed by atoms with Gasteiger partial charge in [-0.05, 0) is 62.2 Å². The van der Waals surface area contributed by atoms with Gasteiger partial charge in [0.25, 0.3) is 5.91 Å². The van der Waals surface area contributed by atoms with Crippen molar-refractivity contribution >= 4 is 11.6 Å². The summed E-state index contributed by atoms with van der Waals surface area (Å²) in [5.41, 5.74) is 1.78. The van der Waals surface area contributed by atoms with Crippen molar-refractivity contribution in [1.82, 2.24) is 4.90 Å². The molecule has 7 heteroatoms. The Morgan fingerprint density at radius 2 is 2.00 bits per heavy atom. The SMILES string of the molecule is COc1cc(C)c(C(F)(F)F)cc1C(=O)Nc1cccc2c1CCN(C)C2C. The fraction of sp³-hybridized carbons (Fsp3) is 0.381. The van der Waals surface area contributed by atoms with Crippen LogP contribution in [0.1, 0.15) is 45.6 Å². The van der Waals surface area contributed by atoms with Crippen LogP contribution in [-0.2, 0) is 12.6 Å². The number of hydrogen-bond donors (Lipinski definition) is 1. The van der Waals surface area contributed by atoms with Gasteiger partial charge in [0, 0.05) is 18.3 Å². The number of methoxy groups -OCH3 is 1. The molecule has 3 rings (SSSR count). The third-order valence-electron chi connectivity index (χ3n) is 5.38. The summed E-state index contributed by atoms with van der Waals surface area (Å²) in [4.78, 5) is 15.1. The van der Waals surface area contributed by atoms with Gasteiger partial charge in [0.15, 0.2) is 0 Å². The van der Waals surface area contributed by atoms with E-state index in [2.05, 4.69) is 17.1 Å². The number of benzene rings is 2. The van der Waals surface area contributed by atoms with Gasteiger partial charge in [-0.15, -0.1) is 0 Å². The fourth-order valence-corrected chi connectivity index (χ4v) is 3.63. The van der Waals surface area contributed by atoms with Gasteiger partial charge in [-0.2, -0.15) is 13.2 Å². The lowest BCUT2D eigenvalue weighted by Gasteiger charge is -2.33. The standard InChI is InChI=1S/C21H23F3N2O2/c1-12-10-19(28-4)16(11-17(12)21(22,23)24)20(27)25-18-7-5-6-14-13(2)26(3)9-8-15(14)18/h5-7,10-11,13H,8-9H2,1-4H3,(H,25,27). The van der Waals surface area contributed by atoms with E-state index in [-0.39, 0.29) is 22.9 Å². The number of ether oxygens (including phenoxy) is 1. The highest BCUT2D eigenvalue weighted by atomic mass is 19.4. The summed E-state index contributed by atoms with van der Waals surface area (Å²) in [6, 6.07) is 7.94. The number of rotatable bonds is 3. The van der Waals surface area contributed by atoms with Gasteiger partial charge < -0.3 is 10.1 Å². The molecule has 0 saturated heterocycles. The number of aryl methyl sites for hydroxylation is 1. The molecule has 150 valence electrons. The van der Waals surface area contributed by atoms with Crippen molar-refractivity contribution in [2.75, 3.05) is 26.0 Å². The van der Waals surface area contributed by atoms with Crippen molar-refractivity contribution in [2.45, 2.75) is 32.5 Å². The largest absolute Gasteiger partial charge is 0.496 e. The molecule has 1 unspecified atom stereocenters. The van der Waals surface area contributed by atoms with Crippen LogP contribution in [-0.4, -0.2) is 31.5 Å². The molecule has 2 aromatic rings. The molecule has 1 atom stereocenters. The van der Waals surface area contributed by atoms with E-state index in [9.17, 15) is 18.0 Å². The summed E-state index contributed by atoms with van der Waals surface area (Å²) in [6.07, 6.45) is -3.79. The highest BCUT2D eigenvalue weighted by Gasteiger charge is 2.34. The second-order valence-electron chi connectivity index (χ2n) is 7.10. The van der Waals surface area contributed by atoms with Crippen molar-refractivity contribution in [3.63, 3.8) is 0 Å². The average molecular weight is 392 g/mol. The van der Waals surface area contributed by atoms with Crippen molar-refractivity contribution in [2.24, 2.45) is 0 Å². The smallest absolute Gasteiger partial charge is 0.416 e. The van der Waals surface area contributed by atoms with Crippen molar-refractivity contribution in [3.05, 3.63) is 58.1 Å². The normalized spacial score (nSPS) is 17.2.